The number of aryl methyl sites for hydroxylation is 2. The molecule has 0 bridgehead atoms. The normalized spacial score (nSPS) is 13.7. The van der Waals surface area contributed by atoms with Crippen LogP contribution in [0.15, 0.2) is 0 Å². The summed E-state index contributed by atoms with van der Waals surface area (Å²) in [5.41, 5.74) is 1.17. The molecule has 0 radical (unpaired) electrons. The van der Waals surface area contributed by atoms with E-state index in [4.69, 9.17) is 0 Å². The van der Waals surface area contributed by atoms with E-state index in [0.717, 1.165) is 6.42 Å². The average molecular weight is 262 g/mol. The quantitative estimate of drug-likeness (QED) is 0.742. The van der Waals surface area contributed by atoms with Gasteiger partial charge in [-0.15, -0.1) is 11.3 Å². The van der Waals surface area contributed by atoms with Gasteiger partial charge < -0.3 is 0 Å². The van der Waals surface area contributed by atoms with Crippen LogP contribution in [-0.2, 0) is 0 Å². The molecule has 0 aliphatic carbocycles. The summed E-state index contributed by atoms with van der Waals surface area (Å²) in [4.78, 5) is 6.31. The summed E-state index contributed by atoms with van der Waals surface area (Å²) in [5.74, 6) is 0.717. The van der Waals surface area contributed by atoms with Crippen LogP contribution in [0, 0.1) is 19.8 Å². The Kier molecular flexibility index (Phi) is 3.92. The van der Waals surface area contributed by atoms with Crippen LogP contribution in [0.5, 0.6) is 0 Å². The highest BCUT2D eigenvalue weighted by atomic mass is 79.9. The third kappa shape index (κ3) is 3.06. The van der Waals surface area contributed by atoms with Crippen molar-refractivity contribution in [3.05, 3.63) is 15.6 Å². The largest absolute Gasteiger partial charge is 0.245 e. The van der Waals surface area contributed by atoms with Crippen molar-refractivity contribution < 1.29 is 0 Å². The lowest BCUT2D eigenvalue weighted by atomic mass is 10.1. The van der Waals surface area contributed by atoms with E-state index in [2.05, 4.69) is 48.6 Å². The molecule has 0 saturated carbocycles. The van der Waals surface area contributed by atoms with Gasteiger partial charge in [0.2, 0.25) is 0 Å². The molecule has 1 aromatic rings. The number of hydrogen-bond acceptors (Lipinski definition) is 2. The van der Waals surface area contributed by atoms with E-state index in [1.807, 2.05) is 0 Å². The minimum absolute atomic E-state index is 0.435. The molecule has 1 heterocycles. The number of alkyl halides is 1. The summed E-state index contributed by atoms with van der Waals surface area (Å²) < 4.78 is 0. The van der Waals surface area contributed by atoms with Crippen LogP contribution >= 0.6 is 27.3 Å². The fraction of sp³-hybridized carbons (Fsp3) is 0.700. The smallest absolute Gasteiger partial charge is 0.107 e. The Balaban J connectivity index is 2.71. The van der Waals surface area contributed by atoms with Gasteiger partial charge in [0.1, 0.15) is 5.01 Å². The van der Waals surface area contributed by atoms with Gasteiger partial charge >= 0.3 is 0 Å². The summed E-state index contributed by atoms with van der Waals surface area (Å²) in [6.07, 6.45) is 1.16. The molecular weight excluding hydrogens is 246 g/mol. The lowest BCUT2D eigenvalue weighted by Gasteiger charge is -2.08. The molecule has 1 nitrogen and oxygen atoms in total. The predicted molar refractivity (Wildman–Crippen MR) is 62.7 cm³/mol. The second-order valence-corrected chi connectivity index (χ2v) is 6.13. The van der Waals surface area contributed by atoms with Gasteiger partial charge in [-0.1, -0.05) is 29.8 Å². The van der Waals surface area contributed by atoms with Crippen molar-refractivity contribution in [2.45, 2.75) is 38.9 Å². The molecule has 0 fully saturated rings. The van der Waals surface area contributed by atoms with Crippen LogP contribution in [0.4, 0.5) is 0 Å². The molecule has 1 atom stereocenters. The second-order valence-electron chi connectivity index (χ2n) is 3.79. The summed E-state index contributed by atoms with van der Waals surface area (Å²) >= 11 is 5.49. The maximum Gasteiger partial charge on any atom is 0.107 e. The van der Waals surface area contributed by atoms with Crippen molar-refractivity contribution in [3.8, 4) is 0 Å². The van der Waals surface area contributed by atoms with Crippen molar-refractivity contribution in [1.82, 2.24) is 4.98 Å². The topological polar surface area (TPSA) is 12.9 Å². The van der Waals surface area contributed by atoms with Crippen LogP contribution in [0.1, 0.15) is 40.7 Å². The van der Waals surface area contributed by atoms with Gasteiger partial charge in [0.05, 0.1) is 10.5 Å². The maximum atomic E-state index is 4.53. The van der Waals surface area contributed by atoms with E-state index < -0.39 is 0 Å². The van der Waals surface area contributed by atoms with Crippen LogP contribution in [-0.4, -0.2) is 4.98 Å². The Bertz CT molecular complexity index is 261. The summed E-state index contributed by atoms with van der Waals surface area (Å²) in [6.45, 7) is 8.68. The monoisotopic (exact) mass is 261 g/mol. The van der Waals surface area contributed by atoms with E-state index in [0.29, 0.717) is 10.7 Å². The first-order valence-electron chi connectivity index (χ1n) is 4.58. The lowest BCUT2D eigenvalue weighted by Crippen LogP contribution is -1.95. The molecule has 0 N–H and O–H groups in total. The van der Waals surface area contributed by atoms with Crippen LogP contribution in [0.3, 0.4) is 0 Å². The predicted octanol–water partition coefficient (Wildman–Crippen LogP) is 4.24. The molecule has 1 aromatic heterocycles. The zero-order valence-electron chi connectivity index (χ0n) is 8.60. The fourth-order valence-electron chi connectivity index (χ4n) is 1.15. The first-order valence-corrected chi connectivity index (χ1v) is 6.32. The minimum atomic E-state index is 0.435. The van der Waals surface area contributed by atoms with Crippen molar-refractivity contribution >= 4 is 27.3 Å². The molecule has 1 unspecified atom stereocenters. The SMILES string of the molecule is Cc1nc(C(Br)CC(C)C)sc1C. The molecule has 0 saturated heterocycles. The van der Waals surface area contributed by atoms with Crippen molar-refractivity contribution in [1.29, 1.82) is 0 Å². The van der Waals surface area contributed by atoms with Gasteiger partial charge in [-0.3, -0.25) is 0 Å². The number of halogens is 1. The molecule has 0 aliphatic heterocycles. The second kappa shape index (κ2) is 4.56. The van der Waals surface area contributed by atoms with Crippen LogP contribution in [0.25, 0.3) is 0 Å². The van der Waals surface area contributed by atoms with Crippen molar-refractivity contribution in [2.75, 3.05) is 0 Å². The molecule has 1 rings (SSSR count). The highest BCUT2D eigenvalue weighted by Crippen LogP contribution is 2.33. The number of rotatable bonds is 3. The zero-order chi connectivity index (χ0) is 10.0. The summed E-state index contributed by atoms with van der Waals surface area (Å²) in [6, 6.07) is 0. The first kappa shape index (κ1) is 11.2. The number of hydrogen-bond donors (Lipinski definition) is 0. The Morgan fingerprint density at radius 2 is 2.00 bits per heavy atom. The highest BCUT2D eigenvalue weighted by Gasteiger charge is 2.14. The van der Waals surface area contributed by atoms with Gasteiger partial charge in [0, 0.05) is 4.88 Å². The van der Waals surface area contributed by atoms with E-state index in [1.165, 1.54) is 15.6 Å². The third-order valence-corrected chi connectivity index (χ3v) is 4.29. The standard InChI is InChI=1S/C10H16BrNS/c1-6(2)5-9(11)10-12-7(3)8(4)13-10/h6,9H,5H2,1-4H3. The van der Waals surface area contributed by atoms with E-state index in [9.17, 15) is 0 Å². The number of nitrogens with zero attached hydrogens (tertiary/aromatic N) is 1. The van der Waals surface area contributed by atoms with Crippen molar-refractivity contribution in [3.63, 3.8) is 0 Å². The molecule has 0 amide bonds. The molecule has 0 spiro atoms. The Hall–Kier alpha value is 0.110. The van der Waals surface area contributed by atoms with Gasteiger partial charge in [0.25, 0.3) is 0 Å². The first-order chi connectivity index (χ1) is 6.00. The van der Waals surface area contributed by atoms with E-state index in [1.54, 1.807) is 11.3 Å². The molecule has 0 aromatic carbocycles. The third-order valence-electron chi connectivity index (χ3n) is 1.99. The lowest BCUT2D eigenvalue weighted by molar-refractivity contribution is 0.582. The van der Waals surface area contributed by atoms with Gasteiger partial charge in [0.15, 0.2) is 0 Å². The molecule has 0 aliphatic rings. The van der Waals surface area contributed by atoms with Crippen LogP contribution < -0.4 is 0 Å². The Morgan fingerprint density at radius 3 is 2.38 bits per heavy atom. The van der Waals surface area contributed by atoms with Gasteiger partial charge in [-0.2, -0.15) is 0 Å². The van der Waals surface area contributed by atoms with E-state index in [-0.39, 0.29) is 0 Å². The Morgan fingerprint density at radius 1 is 1.38 bits per heavy atom. The Labute approximate surface area is 92.7 Å². The molecule has 3 heteroatoms. The zero-order valence-corrected chi connectivity index (χ0v) is 11.0. The average Bonchev–Trinajstić information content (AvgIpc) is 2.31. The fourth-order valence-corrected chi connectivity index (χ4v) is 3.19. The summed E-state index contributed by atoms with van der Waals surface area (Å²) in [7, 11) is 0. The maximum absolute atomic E-state index is 4.53. The number of aromatic nitrogens is 1. The number of thiazole rings is 1. The van der Waals surface area contributed by atoms with Gasteiger partial charge in [-0.25, -0.2) is 4.98 Å². The highest BCUT2D eigenvalue weighted by molar-refractivity contribution is 9.09. The van der Waals surface area contributed by atoms with E-state index >= 15 is 0 Å². The van der Waals surface area contributed by atoms with Gasteiger partial charge in [-0.05, 0) is 26.2 Å². The summed E-state index contributed by atoms with van der Waals surface area (Å²) in [5, 5.41) is 1.23. The minimum Gasteiger partial charge on any atom is -0.245 e. The molecule has 13 heavy (non-hydrogen) atoms. The molecule has 74 valence electrons. The van der Waals surface area contributed by atoms with Crippen molar-refractivity contribution in [2.24, 2.45) is 5.92 Å². The van der Waals surface area contributed by atoms with Crippen LogP contribution in [0.2, 0.25) is 0 Å². The molecular formula is C10H16BrNS.